The first-order valence-corrected chi connectivity index (χ1v) is 8.25. The van der Waals surface area contributed by atoms with Gasteiger partial charge in [-0.2, -0.15) is 5.26 Å². The first kappa shape index (κ1) is 17.1. The molecule has 0 aliphatic carbocycles. The topological polar surface area (TPSA) is 84.0 Å². The van der Waals surface area contributed by atoms with Gasteiger partial charge in [-0.1, -0.05) is 15.9 Å². The molecule has 0 saturated carbocycles. The highest BCUT2D eigenvalue weighted by molar-refractivity contribution is 9.10. The van der Waals surface area contributed by atoms with Crippen LogP contribution >= 0.6 is 15.9 Å². The minimum absolute atomic E-state index is 0.0872. The van der Waals surface area contributed by atoms with Gasteiger partial charge in [0.05, 0.1) is 17.4 Å². The van der Waals surface area contributed by atoms with Crippen LogP contribution in [0, 0.1) is 17.1 Å². The van der Waals surface area contributed by atoms with E-state index in [0.29, 0.717) is 4.47 Å². The molecule has 0 spiro atoms. The number of rotatable bonds is 4. The van der Waals surface area contributed by atoms with Crippen LogP contribution in [-0.2, 0) is 15.4 Å². The molecule has 1 aromatic carbocycles. The second-order valence-electron chi connectivity index (χ2n) is 5.42. The van der Waals surface area contributed by atoms with Gasteiger partial charge in [-0.25, -0.2) is 12.8 Å². The third-order valence-electron chi connectivity index (χ3n) is 3.08. The fourth-order valence-electron chi connectivity index (χ4n) is 1.66. The molecule has 0 amide bonds. The predicted molar refractivity (Wildman–Crippen MR) is 79.1 cm³/mol. The molecule has 1 rings (SSSR count). The minimum atomic E-state index is -3.81. The zero-order chi connectivity index (χ0) is 15.8. The molecule has 0 bridgehead atoms. The maximum atomic E-state index is 13.9. The van der Waals surface area contributed by atoms with Crippen LogP contribution in [0.25, 0.3) is 0 Å². The highest BCUT2D eigenvalue weighted by atomic mass is 79.9. The zero-order valence-electron chi connectivity index (χ0n) is 11.4. The van der Waals surface area contributed by atoms with E-state index in [1.807, 2.05) is 0 Å². The first-order chi connectivity index (χ1) is 8.93. The summed E-state index contributed by atoms with van der Waals surface area (Å²) in [6.07, 6.45) is 0. The number of nitriles is 1. The summed E-state index contributed by atoms with van der Waals surface area (Å²) < 4.78 is 37.3. The molecule has 0 saturated heterocycles. The van der Waals surface area contributed by atoms with Crippen LogP contribution in [0.1, 0.15) is 26.3 Å². The second kappa shape index (κ2) is 5.43. The van der Waals surface area contributed by atoms with Crippen molar-refractivity contribution in [2.75, 3.05) is 5.75 Å². The van der Waals surface area contributed by atoms with Crippen LogP contribution in [0.3, 0.4) is 0 Å². The number of halogens is 2. The summed E-state index contributed by atoms with van der Waals surface area (Å²) in [5.41, 5.74) is 4.65. The van der Waals surface area contributed by atoms with Gasteiger partial charge >= 0.3 is 0 Å². The Morgan fingerprint density at radius 1 is 1.40 bits per heavy atom. The Hall–Kier alpha value is -0.970. The van der Waals surface area contributed by atoms with Crippen LogP contribution in [0.4, 0.5) is 4.39 Å². The lowest BCUT2D eigenvalue weighted by molar-refractivity contribution is 0.486. The van der Waals surface area contributed by atoms with E-state index < -0.39 is 31.7 Å². The Bertz CT molecular complexity index is 663. The average Bonchev–Trinajstić information content (AvgIpc) is 2.30. The van der Waals surface area contributed by atoms with Crippen LogP contribution in [0.2, 0.25) is 0 Å². The van der Waals surface area contributed by atoms with Crippen molar-refractivity contribution in [2.24, 2.45) is 5.73 Å². The first-order valence-electron chi connectivity index (χ1n) is 5.81. The van der Waals surface area contributed by atoms with Crippen molar-refractivity contribution in [1.29, 1.82) is 5.26 Å². The quantitative estimate of drug-likeness (QED) is 0.891. The third-order valence-corrected chi connectivity index (χ3v) is 6.20. The molecule has 1 atom stereocenters. The highest BCUT2D eigenvalue weighted by Gasteiger charge is 2.40. The van der Waals surface area contributed by atoms with E-state index in [1.165, 1.54) is 39.0 Å². The molecule has 110 valence electrons. The fraction of sp³-hybridized carbons (Fsp3) is 0.462. The molecule has 20 heavy (non-hydrogen) atoms. The molecule has 1 aromatic rings. The van der Waals surface area contributed by atoms with Gasteiger partial charge in [-0.05, 0) is 39.0 Å². The number of hydrogen-bond acceptors (Lipinski definition) is 4. The predicted octanol–water partition coefficient (Wildman–Crippen LogP) is 2.48. The van der Waals surface area contributed by atoms with Crippen molar-refractivity contribution in [3.8, 4) is 6.07 Å². The van der Waals surface area contributed by atoms with E-state index in [1.54, 1.807) is 6.07 Å². The zero-order valence-corrected chi connectivity index (χ0v) is 13.8. The molecule has 4 nitrogen and oxygen atoms in total. The molecule has 0 unspecified atom stereocenters. The number of benzene rings is 1. The van der Waals surface area contributed by atoms with Gasteiger partial charge in [0.15, 0.2) is 14.6 Å². The van der Waals surface area contributed by atoms with E-state index in [0.717, 1.165) is 0 Å². The van der Waals surface area contributed by atoms with Gasteiger partial charge in [-0.15, -0.1) is 0 Å². The van der Waals surface area contributed by atoms with Crippen LogP contribution in [-0.4, -0.2) is 18.9 Å². The maximum Gasteiger partial charge on any atom is 0.170 e. The lowest BCUT2D eigenvalue weighted by atomic mass is 9.95. The standard InChI is InChI=1S/C13H16BrFN2O2S/c1-12(2,7-16)20(18,19)8-13(3,17)10-6-9(14)4-5-11(10)15/h4-6H,8,17H2,1-3H3/t13-/m0/s1. The summed E-state index contributed by atoms with van der Waals surface area (Å²) in [6, 6.07) is 5.90. The van der Waals surface area contributed by atoms with E-state index in [4.69, 9.17) is 11.0 Å². The lowest BCUT2D eigenvalue weighted by Crippen LogP contribution is -2.46. The number of sulfone groups is 1. The Balaban J connectivity index is 3.26. The van der Waals surface area contributed by atoms with Gasteiger partial charge in [0.25, 0.3) is 0 Å². The van der Waals surface area contributed by atoms with Crippen molar-refractivity contribution < 1.29 is 12.8 Å². The Labute approximate surface area is 126 Å². The number of nitrogens with two attached hydrogens (primary N) is 1. The van der Waals surface area contributed by atoms with Crippen LogP contribution in [0.5, 0.6) is 0 Å². The SMILES string of the molecule is CC(C)(C#N)S(=O)(=O)C[C@](C)(N)c1cc(Br)ccc1F. The Morgan fingerprint density at radius 3 is 2.45 bits per heavy atom. The van der Waals surface area contributed by atoms with Crippen molar-refractivity contribution in [1.82, 2.24) is 0 Å². The number of hydrogen-bond donors (Lipinski definition) is 1. The smallest absolute Gasteiger partial charge is 0.170 e. The minimum Gasteiger partial charge on any atom is -0.321 e. The molecule has 2 N–H and O–H groups in total. The van der Waals surface area contributed by atoms with Gasteiger partial charge in [0.2, 0.25) is 0 Å². The Kier molecular flexibility index (Phi) is 4.64. The second-order valence-corrected chi connectivity index (χ2v) is 8.88. The summed E-state index contributed by atoms with van der Waals surface area (Å²) in [5, 5.41) is 8.94. The van der Waals surface area contributed by atoms with E-state index in [-0.39, 0.29) is 5.56 Å². The molecule has 0 aliphatic rings. The molecular formula is C13H16BrFN2O2S. The maximum absolute atomic E-state index is 13.9. The average molecular weight is 363 g/mol. The number of nitrogens with zero attached hydrogens (tertiary/aromatic N) is 1. The molecule has 0 aliphatic heterocycles. The van der Waals surface area contributed by atoms with Crippen LogP contribution < -0.4 is 5.73 Å². The van der Waals surface area contributed by atoms with Crippen molar-refractivity contribution in [2.45, 2.75) is 31.1 Å². The van der Waals surface area contributed by atoms with Crippen molar-refractivity contribution in [3.63, 3.8) is 0 Å². The Morgan fingerprint density at radius 2 is 1.95 bits per heavy atom. The monoisotopic (exact) mass is 362 g/mol. The molecule has 0 heterocycles. The van der Waals surface area contributed by atoms with Gasteiger partial charge in [0.1, 0.15) is 5.82 Å². The van der Waals surface area contributed by atoms with Gasteiger partial charge < -0.3 is 5.73 Å². The molecule has 0 radical (unpaired) electrons. The van der Waals surface area contributed by atoms with Gasteiger partial charge in [-0.3, -0.25) is 0 Å². The third kappa shape index (κ3) is 3.37. The summed E-state index contributed by atoms with van der Waals surface area (Å²) in [6.45, 7) is 4.04. The van der Waals surface area contributed by atoms with Crippen molar-refractivity contribution in [3.05, 3.63) is 34.1 Å². The summed E-state index contributed by atoms with van der Waals surface area (Å²) >= 11 is 3.20. The summed E-state index contributed by atoms with van der Waals surface area (Å²) in [4.78, 5) is 0. The largest absolute Gasteiger partial charge is 0.321 e. The highest BCUT2D eigenvalue weighted by Crippen LogP contribution is 2.29. The molecule has 0 aromatic heterocycles. The van der Waals surface area contributed by atoms with Crippen LogP contribution in [0.15, 0.2) is 22.7 Å². The summed E-state index contributed by atoms with van der Waals surface area (Å²) in [5.74, 6) is -1.10. The van der Waals surface area contributed by atoms with E-state index in [9.17, 15) is 12.8 Å². The van der Waals surface area contributed by atoms with Crippen molar-refractivity contribution >= 4 is 25.8 Å². The van der Waals surface area contributed by atoms with E-state index >= 15 is 0 Å². The fourth-order valence-corrected chi connectivity index (χ4v) is 3.46. The molecular weight excluding hydrogens is 347 g/mol. The molecule has 7 heteroatoms. The van der Waals surface area contributed by atoms with Gasteiger partial charge in [0, 0.05) is 10.0 Å². The van der Waals surface area contributed by atoms with E-state index in [2.05, 4.69) is 15.9 Å². The summed E-state index contributed by atoms with van der Waals surface area (Å²) in [7, 11) is -3.81. The molecule has 0 fully saturated rings. The normalized spacial score (nSPS) is 15.4. The lowest BCUT2D eigenvalue weighted by Gasteiger charge is -2.28.